The van der Waals surface area contributed by atoms with Crippen LogP contribution in [0.2, 0.25) is 0 Å². The van der Waals surface area contributed by atoms with Crippen LogP contribution in [0.4, 0.5) is 4.79 Å². The predicted octanol–water partition coefficient (Wildman–Crippen LogP) is 0.0740. The van der Waals surface area contributed by atoms with Gasteiger partial charge in [-0.05, 0) is 0 Å². The number of carbonyl (C=O) groups is 2. The summed E-state index contributed by atoms with van der Waals surface area (Å²) < 4.78 is 0. The Morgan fingerprint density at radius 2 is 2.33 bits per heavy atom. The number of hydrogen-bond acceptors (Lipinski definition) is 5. The third kappa shape index (κ3) is 1.94. The molecule has 1 saturated heterocycles. The summed E-state index contributed by atoms with van der Waals surface area (Å²) in [6.45, 7) is -0.000231. The number of halogens is 1. The van der Waals surface area contributed by atoms with Crippen LogP contribution in [0.15, 0.2) is 10.9 Å². The molecule has 1 aromatic rings. The van der Waals surface area contributed by atoms with Crippen molar-refractivity contribution >= 4 is 35.7 Å². The van der Waals surface area contributed by atoms with Gasteiger partial charge in [0.25, 0.3) is 5.91 Å². The largest absolute Gasteiger partial charge is 0.326 e. The van der Waals surface area contributed by atoms with Gasteiger partial charge in [0, 0.05) is 5.38 Å². The van der Waals surface area contributed by atoms with E-state index in [1.165, 1.54) is 16.2 Å². The number of urea groups is 1. The Balaban J connectivity index is 0.00000112. The number of rotatable bonds is 2. The molecule has 3 N–H and O–H groups in total. The zero-order valence-corrected chi connectivity index (χ0v) is 9.18. The minimum absolute atomic E-state index is 0. The van der Waals surface area contributed by atoms with Crippen molar-refractivity contribution in [1.29, 1.82) is 0 Å². The van der Waals surface area contributed by atoms with E-state index in [2.05, 4.69) is 10.3 Å². The maximum Gasteiger partial charge on any atom is 0.326 e. The first-order valence-electron chi connectivity index (χ1n) is 3.93. The molecule has 0 bridgehead atoms. The number of nitrogens with one attached hydrogen (secondary N) is 1. The molecule has 1 aromatic heterocycles. The number of aromatic nitrogens is 1. The van der Waals surface area contributed by atoms with Crippen LogP contribution in [0.25, 0.3) is 0 Å². The van der Waals surface area contributed by atoms with Crippen molar-refractivity contribution in [3.8, 4) is 0 Å². The molecule has 15 heavy (non-hydrogen) atoms. The first kappa shape index (κ1) is 11.9. The SMILES string of the molecule is Cl.NCN1C(=O)NC(=O)C1c1cscn1. The van der Waals surface area contributed by atoms with Gasteiger partial charge in [-0.1, -0.05) is 0 Å². The van der Waals surface area contributed by atoms with Gasteiger partial charge in [-0.15, -0.1) is 23.7 Å². The third-order valence-electron chi connectivity index (χ3n) is 1.98. The molecular weight excluding hydrogens is 240 g/mol. The van der Waals surface area contributed by atoms with Gasteiger partial charge in [0.05, 0.1) is 17.9 Å². The Morgan fingerprint density at radius 1 is 1.60 bits per heavy atom. The third-order valence-corrected chi connectivity index (χ3v) is 2.58. The number of nitrogens with two attached hydrogens (primary N) is 1. The van der Waals surface area contributed by atoms with Crippen molar-refractivity contribution in [2.24, 2.45) is 5.73 Å². The molecule has 1 aliphatic heterocycles. The number of amides is 3. The lowest BCUT2D eigenvalue weighted by atomic mass is 10.2. The fourth-order valence-electron chi connectivity index (χ4n) is 1.34. The second-order valence-corrected chi connectivity index (χ2v) is 3.48. The molecule has 82 valence electrons. The zero-order chi connectivity index (χ0) is 10.1. The van der Waals surface area contributed by atoms with Crippen LogP contribution in [0.5, 0.6) is 0 Å². The van der Waals surface area contributed by atoms with Crippen LogP contribution in [-0.4, -0.2) is 28.5 Å². The maximum absolute atomic E-state index is 11.4. The smallest absolute Gasteiger partial charge is 0.314 e. The number of nitrogens with zero attached hydrogens (tertiary/aromatic N) is 2. The van der Waals surface area contributed by atoms with Gasteiger partial charge >= 0.3 is 6.03 Å². The molecule has 2 heterocycles. The fourth-order valence-corrected chi connectivity index (χ4v) is 1.92. The molecule has 0 radical (unpaired) electrons. The Bertz CT molecular complexity index is 369. The summed E-state index contributed by atoms with van der Waals surface area (Å²) in [4.78, 5) is 27.8. The van der Waals surface area contributed by atoms with Gasteiger partial charge in [0.15, 0.2) is 6.04 Å². The van der Waals surface area contributed by atoms with Gasteiger partial charge in [-0.25, -0.2) is 9.78 Å². The van der Waals surface area contributed by atoms with Crippen LogP contribution < -0.4 is 11.1 Å². The Hall–Kier alpha value is -1.18. The van der Waals surface area contributed by atoms with E-state index in [9.17, 15) is 9.59 Å². The van der Waals surface area contributed by atoms with E-state index in [0.717, 1.165) is 0 Å². The molecule has 1 unspecified atom stereocenters. The summed E-state index contributed by atoms with van der Waals surface area (Å²) in [7, 11) is 0. The average molecular weight is 249 g/mol. The highest BCUT2D eigenvalue weighted by Crippen LogP contribution is 2.24. The molecule has 1 atom stereocenters. The normalized spacial score (nSPS) is 20.1. The van der Waals surface area contributed by atoms with Crippen molar-refractivity contribution < 1.29 is 9.59 Å². The van der Waals surface area contributed by atoms with Crippen molar-refractivity contribution in [3.05, 3.63) is 16.6 Å². The second kappa shape index (κ2) is 4.56. The molecular formula is C7H9ClN4O2S. The second-order valence-electron chi connectivity index (χ2n) is 2.76. The molecule has 2 rings (SSSR count). The summed E-state index contributed by atoms with van der Waals surface area (Å²) in [6, 6.07) is -1.13. The number of carbonyl (C=O) groups excluding carboxylic acids is 2. The molecule has 1 fully saturated rings. The maximum atomic E-state index is 11.4. The van der Waals surface area contributed by atoms with Crippen molar-refractivity contribution in [2.45, 2.75) is 6.04 Å². The van der Waals surface area contributed by atoms with Crippen LogP contribution in [-0.2, 0) is 4.79 Å². The van der Waals surface area contributed by atoms with Gasteiger partial charge < -0.3 is 5.73 Å². The number of thiazole rings is 1. The van der Waals surface area contributed by atoms with E-state index in [0.29, 0.717) is 5.69 Å². The number of imide groups is 1. The highest BCUT2D eigenvalue weighted by Gasteiger charge is 2.39. The molecule has 6 nitrogen and oxygen atoms in total. The van der Waals surface area contributed by atoms with Gasteiger partial charge in [0.2, 0.25) is 0 Å². The van der Waals surface area contributed by atoms with E-state index in [1.807, 2.05) is 0 Å². The predicted molar refractivity (Wildman–Crippen MR) is 56.5 cm³/mol. The molecule has 0 saturated carbocycles. The Labute approximate surface area is 95.9 Å². The monoisotopic (exact) mass is 248 g/mol. The molecule has 0 aromatic carbocycles. The van der Waals surface area contributed by atoms with E-state index in [4.69, 9.17) is 5.73 Å². The lowest BCUT2D eigenvalue weighted by molar-refractivity contribution is -0.121. The summed E-state index contributed by atoms with van der Waals surface area (Å²) in [5, 5.41) is 3.92. The summed E-state index contributed by atoms with van der Waals surface area (Å²) >= 11 is 1.37. The Kier molecular flexibility index (Phi) is 3.61. The molecule has 8 heteroatoms. The lowest BCUT2D eigenvalue weighted by Gasteiger charge is -2.17. The minimum Gasteiger partial charge on any atom is -0.314 e. The van der Waals surface area contributed by atoms with Gasteiger partial charge in [-0.3, -0.25) is 15.0 Å². The summed E-state index contributed by atoms with van der Waals surface area (Å²) in [5.74, 6) is -0.369. The van der Waals surface area contributed by atoms with Crippen LogP contribution in [0, 0.1) is 0 Å². The standard InChI is InChI=1S/C7H8N4O2S.ClH/c8-2-11-5(4-1-14-3-9-4)6(12)10-7(11)13;/h1,3,5H,2,8H2,(H,10,12,13);1H. The quantitative estimate of drug-likeness (QED) is 0.725. The summed E-state index contributed by atoms with van der Waals surface area (Å²) in [5.41, 5.74) is 7.54. The molecule has 1 aliphatic rings. The van der Waals surface area contributed by atoms with Crippen molar-refractivity contribution in [3.63, 3.8) is 0 Å². The molecule has 0 spiro atoms. The van der Waals surface area contributed by atoms with E-state index >= 15 is 0 Å². The van der Waals surface area contributed by atoms with E-state index < -0.39 is 12.1 Å². The summed E-state index contributed by atoms with van der Waals surface area (Å²) in [6.07, 6.45) is 0. The van der Waals surface area contributed by atoms with Crippen LogP contribution >= 0.6 is 23.7 Å². The first-order chi connectivity index (χ1) is 6.74. The molecule has 0 aliphatic carbocycles. The fraction of sp³-hybridized carbons (Fsp3) is 0.286. The van der Waals surface area contributed by atoms with Crippen molar-refractivity contribution in [1.82, 2.24) is 15.2 Å². The number of hydrogen-bond donors (Lipinski definition) is 2. The van der Waals surface area contributed by atoms with Gasteiger partial charge in [-0.2, -0.15) is 0 Å². The Morgan fingerprint density at radius 3 is 2.87 bits per heavy atom. The average Bonchev–Trinajstić information content (AvgIpc) is 2.72. The molecule has 3 amide bonds. The van der Waals surface area contributed by atoms with Crippen LogP contribution in [0.1, 0.15) is 11.7 Å². The highest BCUT2D eigenvalue weighted by atomic mass is 35.5. The lowest BCUT2D eigenvalue weighted by Crippen LogP contribution is -2.34. The zero-order valence-electron chi connectivity index (χ0n) is 7.54. The van der Waals surface area contributed by atoms with E-state index in [1.54, 1.807) is 10.9 Å². The first-order valence-corrected chi connectivity index (χ1v) is 4.88. The van der Waals surface area contributed by atoms with Crippen LogP contribution in [0.3, 0.4) is 0 Å². The minimum atomic E-state index is -0.668. The highest BCUT2D eigenvalue weighted by molar-refractivity contribution is 7.07. The van der Waals surface area contributed by atoms with E-state index in [-0.39, 0.29) is 25.0 Å². The topological polar surface area (TPSA) is 88.3 Å². The van der Waals surface area contributed by atoms with Crippen molar-refractivity contribution in [2.75, 3.05) is 6.67 Å². The van der Waals surface area contributed by atoms with Gasteiger partial charge in [0.1, 0.15) is 0 Å².